The molecule has 1 aromatic heterocycles. The molecule has 3 rings (SSSR count). The number of hydrogen-bond acceptors (Lipinski definition) is 5. The third-order valence-corrected chi connectivity index (χ3v) is 6.15. The summed E-state index contributed by atoms with van der Waals surface area (Å²) in [5.41, 5.74) is 1.75. The molecule has 0 saturated heterocycles. The Hall–Kier alpha value is -2.83. The van der Waals surface area contributed by atoms with Crippen molar-refractivity contribution in [2.75, 3.05) is 6.54 Å². The van der Waals surface area contributed by atoms with Crippen molar-refractivity contribution in [3.63, 3.8) is 0 Å². The fourth-order valence-electron chi connectivity index (χ4n) is 4.26. The Labute approximate surface area is 181 Å². The van der Waals surface area contributed by atoms with E-state index >= 15 is 0 Å². The first-order valence-electron chi connectivity index (χ1n) is 11.0. The van der Waals surface area contributed by atoms with Crippen LogP contribution in [0.2, 0.25) is 0 Å². The average molecular weight is 430 g/mol. The number of carboxylic acid groups (broad SMARTS) is 1. The molecular weight excluding hydrogens is 398 g/mol. The summed E-state index contributed by atoms with van der Waals surface area (Å²) in [5, 5.41) is 12.9. The number of benzene rings is 1. The second-order valence-corrected chi connectivity index (χ2v) is 8.47. The molecule has 2 N–H and O–H groups in total. The van der Waals surface area contributed by atoms with Crippen LogP contribution in [0.3, 0.4) is 0 Å². The predicted octanol–water partition coefficient (Wildman–Crippen LogP) is 3.83. The molecule has 1 aliphatic rings. The van der Waals surface area contributed by atoms with Crippen molar-refractivity contribution in [3.8, 4) is 5.75 Å². The fraction of sp³-hybridized carbons (Fsp3) is 0.542. The van der Waals surface area contributed by atoms with Crippen molar-refractivity contribution >= 4 is 22.8 Å². The molecule has 7 nitrogen and oxygen atoms in total. The lowest BCUT2D eigenvalue weighted by molar-refractivity contribution is -0.143. The monoisotopic (exact) mass is 429 g/mol. The Balaban J connectivity index is 1.62. The number of aryl methyl sites for hydroxylation is 2. The average Bonchev–Trinajstić information content (AvgIpc) is 2.74. The summed E-state index contributed by atoms with van der Waals surface area (Å²) in [6, 6.07) is 5.22. The van der Waals surface area contributed by atoms with E-state index in [2.05, 4.69) is 12.2 Å². The van der Waals surface area contributed by atoms with Gasteiger partial charge in [0, 0.05) is 23.6 Å². The summed E-state index contributed by atoms with van der Waals surface area (Å²) in [7, 11) is 0. The second kappa shape index (κ2) is 9.98. The largest absolute Gasteiger partial charge is 0.481 e. The smallest absolute Gasteiger partial charge is 0.336 e. The molecule has 0 radical (unpaired) electrons. The maximum atomic E-state index is 12.5. The van der Waals surface area contributed by atoms with Crippen LogP contribution >= 0.6 is 0 Å². The van der Waals surface area contributed by atoms with Gasteiger partial charge >= 0.3 is 11.6 Å². The molecule has 168 valence electrons. The van der Waals surface area contributed by atoms with E-state index in [1.165, 1.54) is 6.07 Å². The van der Waals surface area contributed by atoms with E-state index in [1.807, 2.05) is 19.1 Å². The van der Waals surface area contributed by atoms with Gasteiger partial charge in [0.25, 0.3) is 5.91 Å². The highest BCUT2D eigenvalue weighted by Crippen LogP contribution is 2.30. The SMILES string of the molecule is CCCc1cc(=O)oc2c(C)c(O[C@@H](C)C(=O)NCC3CCC(C(=O)O)CC3)ccc12. The van der Waals surface area contributed by atoms with Crippen molar-refractivity contribution < 1.29 is 23.8 Å². The zero-order chi connectivity index (χ0) is 22.5. The minimum Gasteiger partial charge on any atom is -0.481 e. The van der Waals surface area contributed by atoms with E-state index in [1.54, 1.807) is 6.92 Å². The second-order valence-electron chi connectivity index (χ2n) is 8.47. The summed E-state index contributed by atoms with van der Waals surface area (Å²) in [5.74, 6) is -0.411. The Kier molecular flexibility index (Phi) is 7.36. The van der Waals surface area contributed by atoms with Gasteiger partial charge in [-0.1, -0.05) is 13.3 Å². The molecule has 2 aromatic rings. The summed E-state index contributed by atoms with van der Waals surface area (Å²) >= 11 is 0. The van der Waals surface area contributed by atoms with Crippen LogP contribution in [-0.4, -0.2) is 29.6 Å². The molecule has 1 amide bonds. The fourth-order valence-corrected chi connectivity index (χ4v) is 4.26. The highest BCUT2D eigenvalue weighted by Gasteiger charge is 2.26. The molecular formula is C24H31NO6. The van der Waals surface area contributed by atoms with E-state index in [0.29, 0.717) is 42.2 Å². The molecule has 7 heteroatoms. The molecule has 1 fully saturated rings. The van der Waals surface area contributed by atoms with E-state index in [9.17, 15) is 14.4 Å². The Morgan fingerprint density at radius 1 is 1.26 bits per heavy atom. The summed E-state index contributed by atoms with van der Waals surface area (Å²) in [6.45, 7) is 6.08. The standard InChI is InChI=1S/C24H31NO6/c1-4-5-18-12-21(26)31-22-14(2)20(11-10-19(18)22)30-15(3)23(27)25-13-16-6-8-17(9-7-16)24(28)29/h10-12,15-17H,4-9,13H2,1-3H3,(H,25,27)(H,28,29)/t15-,16?,17?/m0/s1. The zero-order valence-electron chi connectivity index (χ0n) is 18.4. The van der Waals surface area contributed by atoms with Gasteiger partial charge in [-0.05, 0) is 69.6 Å². The van der Waals surface area contributed by atoms with E-state index in [0.717, 1.165) is 36.6 Å². The lowest BCUT2D eigenvalue weighted by Gasteiger charge is -2.26. The van der Waals surface area contributed by atoms with Crippen molar-refractivity contribution in [1.82, 2.24) is 5.32 Å². The number of fused-ring (bicyclic) bond motifs is 1. The van der Waals surface area contributed by atoms with Crippen LogP contribution < -0.4 is 15.7 Å². The maximum Gasteiger partial charge on any atom is 0.336 e. The Morgan fingerprint density at radius 2 is 1.97 bits per heavy atom. The highest BCUT2D eigenvalue weighted by molar-refractivity contribution is 5.85. The number of carbonyl (C=O) groups is 2. The Morgan fingerprint density at radius 3 is 2.61 bits per heavy atom. The van der Waals surface area contributed by atoms with Gasteiger partial charge < -0.3 is 19.6 Å². The Bertz CT molecular complexity index is 1000. The quantitative estimate of drug-likeness (QED) is 0.618. The van der Waals surface area contributed by atoms with Gasteiger partial charge in [0.1, 0.15) is 11.3 Å². The molecule has 1 aromatic carbocycles. The number of amides is 1. The number of rotatable bonds is 8. The maximum absolute atomic E-state index is 12.5. The van der Waals surface area contributed by atoms with Gasteiger partial charge in [-0.3, -0.25) is 9.59 Å². The van der Waals surface area contributed by atoms with E-state index < -0.39 is 12.1 Å². The van der Waals surface area contributed by atoms with Gasteiger partial charge in [-0.2, -0.15) is 0 Å². The molecule has 1 aliphatic carbocycles. The normalized spacial score (nSPS) is 19.7. The van der Waals surface area contributed by atoms with Crippen LogP contribution in [0.1, 0.15) is 57.1 Å². The van der Waals surface area contributed by atoms with Crippen molar-refractivity contribution in [2.45, 2.75) is 65.4 Å². The number of nitrogens with one attached hydrogen (secondary N) is 1. The summed E-state index contributed by atoms with van der Waals surface area (Å²) < 4.78 is 11.3. The van der Waals surface area contributed by atoms with Gasteiger partial charge in [0.2, 0.25) is 0 Å². The molecule has 0 spiro atoms. The van der Waals surface area contributed by atoms with Crippen LogP contribution in [0, 0.1) is 18.8 Å². The summed E-state index contributed by atoms with van der Waals surface area (Å²) in [4.78, 5) is 35.5. The zero-order valence-corrected chi connectivity index (χ0v) is 18.4. The van der Waals surface area contributed by atoms with Crippen molar-refractivity contribution in [1.29, 1.82) is 0 Å². The lowest BCUT2D eigenvalue weighted by Crippen LogP contribution is -2.39. The third kappa shape index (κ3) is 5.46. The molecule has 31 heavy (non-hydrogen) atoms. The molecule has 1 heterocycles. The number of aliphatic carboxylic acids is 1. The highest BCUT2D eigenvalue weighted by atomic mass is 16.5. The first-order valence-corrected chi connectivity index (χ1v) is 11.0. The van der Waals surface area contributed by atoms with Crippen molar-refractivity contribution in [2.24, 2.45) is 11.8 Å². The lowest BCUT2D eigenvalue weighted by atomic mass is 9.82. The third-order valence-electron chi connectivity index (χ3n) is 6.15. The van der Waals surface area contributed by atoms with E-state index in [4.69, 9.17) is 14.3 Å². The summed E-state index contributed by atoms with van der Waals surface area (Å²) in [6.07, 6.45) is 3.91. The van der Waals surface area contributed by atoms with Crippen molar-refractivity contribution in [3.05, 3.63) is 39.7 Å². The number of hydrogen-bond donors (Lipinski definition) is 2. The van der Waals surface area contributed by atoms with Crippen LogP contribution in [0.25, 0.3) is 11.0 Å². The van der Waals surface area contributed by atoms with Gasteiger partial charge in [-0.15, -0.1) is 0 Å². The molecule has 1 saturated carbocycles. The van der Waals surface area contributed by atoms with Crippen LogP contribution in [0.4, 0.5) is 0 Å². The minimum absolute atomic E-state index is 0.221. The van der Waals surface area contributed by atoms with Gasteiger partial charge in [-0.25, -0.2) is 4.79 Å². The topological polar surface area (TPSA) is 106 Å². The first-order chi connectivity index (χ1) is 14.8. The van der Waals surface area contributed by atoms with Gasteiger partial charge in [0.05, 0.1) is 5.92 Å². The first kappa shape index (κ1) is 22.8. The van der Waals surface area contributed by atoms with Crippen LogP contribution in [0.15, 0.2) is 27.4 Å². The predicted molar refractivity (Wildman–Crippen MR) is 117 cm³/mol. The van der Waals surface area contributed by atoms with E-state index in [-0.39, 0.29) is 17.5 Å². The molecule has 0 aliphatic heterocycles. The van der Waals surface area contributed by atoms with Crippen LogP contribution in [0.5, 0.6) is 5.75 Å². The molecule has 0 bridgehead atoms. The van der Waals surface area contributed by atoms with Gasteiger partial charge in [0.15, 0.2) is 6.10 Å². The number of ether oxygens (including phenoxy) is 1. The minimum atomic E-state index is -0.729. The number of carboxylic acids is 1. The van der Waals surface area contributed by atoms with Crippen LogP contribution in [-0.2, 0) is 16.0 Å². The number of carbonyl (C=O) groups excluding carboxylic acids is 1. The molecule has 1 atom stereocenters. The molecule has 0 unspecified atom stereocenters.